The number of aryl methyl sites for hydroxylation is 2. The number of aromatic carboxylic acids is 1. The molecule has 3 rings (SSSR count). The maximum absolute atomic E-state index is 11.7. The normalized spacial score (nSPS) is 10.6. The van der Waals surface area contributed by atoms with Crippen LogP contribution in [-0.4, -0.2) is 20.9 Å². The van der Waals surface area contributed by atoms with E-state index in [1.807, 2.05) is 61.5 Å². The Labute approximate surface area is 128 Å². The van der Waals surface area contributed by atoms with Gasteiger partial charge < -0.3 is 5.11 Å². The number of carboxylic acid groups (broad SMARTS) is 1. The summed E-state index contributed by atoms with van der Waals surface area (Å²) >= 11 is 0. The van der Waals surface area contributed by atoms with E-state index in [0.717, 1.165) is 16.8 Å². The molecule has 0 unspecified atom stereocenters. The summed E-state index contributed by atoms with van der Waals surface area (Å²) in [6, 6.07) is 17.3. The highest BCUT2D eigenvalue weighted by atomic mass is 16.4. The van der Waals surface area contributed by atoms with Gasteiger partial charge in [-0.15, -0.1) is 0 Å². The van der Waals surface area contributed by atoms with Crippen LogP contribution in [-0.2, 0) is 0 Å². The van der Waals surface area contributed by atoms with Gasteiger partial charge in [-0.25, -0.2) is 9.48 Å². The third-order valence-corrected chi connectivity index (χ3v) is 3.67. The van der Waals surface area contributed by atoms with Crippen LogP contribution in [0.4, 0.5) is 0 Å². The van der Waals surface area contributed by atoms with Gasteiger partial charge in [0.1, 0.15) is 5.56 Å². The van der Waals surface area contributed by atoms with Crippen molar-refractivity contribution >= 4 is 5.97 Å². The highest BCUT2D eigenvalue weighted by Gasteiger charge is 2.23. The van der Waals surface area contributed by atoms with E-state index in [4.69, 9.17) is 0 Å². The van der Waals surface area contributed by atoms with Gasteiger partial charge >= 0.3 is 5.97 Å². The van der Waals surface area contributed by atoms with Crippen molar-refractivity contribution in [2.45, 2.75) is 13.8 Å². The predicted molar refractivity (Wildman–Crippen MR) is 85.4 cm³/mol. The lowest BCUT2D eigenvalue weighted by molar-refractivity contribution is 0.0697. The van der Waals surface area contributed by atoms with E-state index in [2.05, 4.69) is 5.10 Å². The summed E-state index contributed by atoms with van der Waals surface area (Å²) in [5.74, 6) is -0.962. The summed E-state index contributed by atoms with van der Waals surface area (Å²) < 4.78 is 1.73. The summed E-state index contributed by atoms with van der Waals surface area (Å²) in [7, 11) is 0. The molecule has 0 aliphatic rings. The maximum atomic E-state index is 11.7. The molecular weight excluding hydrogens is 276 g/mol. The largest absolute Gasteiger partial charge is 0.478 e. The molecular formula is C18H16N2O2. The fourth-order valence-corrected chi connectivity index (χ4v) is 2.62. The highest BCUT2D eigenvalue weighted by molar-refractivity contribution is 5.96. The van der Waals surface area contributed by atoms with Crippen molar-refractivity contribution in [2.24, 2.45) is 0 Å². The van der Waals surface area contributed by atoms with Crippen LogP contribution in [0.1, 0.15) is 21.6 Å². The lowest BCUT2D eigenvalue weighted by Gasteiger charge is -2.11. The summed E-state index contributed by atoms with van der Waals surface area (Å²) in [5, 5.41) is 14.1. The molecule has 0 aliphatic carbocycles. The number of para-hydroxylation sites is 1. The van der Waals surface area contributed by atoms with Crippen LogP contribution < -0.4 is 0 Å². The average molecular weight is 292 g/mol. The standard InChI is InChI=1S/C18H16N2O2/c1-12-8-6-7-11-15(12)20-17(14-9-4-3-5-10-14)16(18(21)22)13(2)19-20/h3-11H,1-2H3,(H,21,22). The zero-order valence-corrected chi connectivity index (χ0v) is 12.4. The molecule has 0 fully saturated rings. The van der Waals surface area contributed by atoms with E-state index in [0.29, 0.717) is 11.4 Å². The van der Waals surface area contributed by atoms with Gasteiger partial charge in [-0.3, -0.25) is 0 Å². The van der Waals surface area contributed by atoms with Crippen molar-refractivity contribution in [3.05, 3.63) is 71.4 Å². The van der Waals surface area contributed by atoms with Crippen molar-refractivity contribution in [1.82, 2.24) is 9.78 Å². The molecule has 1 heterocycles. The first-order valence-electron chi connectivity index (χ1n) is 7.04. The van der Waals surface area contributed by atoms with Crippen molar-refractivity contribution in [3.8, 4) is 16.9 Å². The van der Waals surface area contributed by atoms with Crippen LogP contribution in [0.15, 0.2) is 54.6 Å². The van der Waals surface area contributed by atoms with Crippen molar-refractivity contribution in [2.75, 3.05) is 0 Å². The van der Waals surface area contributed by atoms with E-state index in [1.165, 1.54) is 0 Å². The van der Waals surface area contributed by atoms with E-state index < -0.39 is 5.97 Å². The predicted octanol–water partition coefficient (Wildman–Crippen LogP) is 3.85. The highest BCUT2D eigenvalue weighted by Crippen LogP contribution is 2.30. The third kappa shape index (κ3) is 2.29. The van der Waals surface area contributed by atoms with Crippen LogP contribution >= 0.6 is 0 Å². The topological polar surface area (TPSA) is 55.1 Å². The van der Waals surface area contributed by atoms with E-state index in [1.54, 1.807) is 11.6 Å². The monoisotopic (exact) mass is 292 g/mol. The zero-order valence-electron chi connectivity index (χ0n) is 12.4. The van der Waals surface area contributed by atoms with Gasteiger partial charge in [-0.2, -0.15) is 5.10 Å². The number of nitrogens with zero attached hydrogens (tertiary/aromatic N) is 2. The Bertz CT molecular complexity index is 836. The number of carboxylic acids is 1. The quantitative estimate of drug-likeness (QED) is 0.797. The minimum Gasteiger partial charge on any atom is -0.478 e. The first kappa shape index (κ1) is 14.1. The minimum absolute atomic E-state index is 0.245. The molecule has 1 aromatic heterocycles. The zero-order chi connectivity index (χ0) is 15.7. The number of rotatable bonds is 3. The fourth-order valence-electron chi connectivity index (χ4n) is 2.62. The van der Waals surface area contributed by atoms with Gasteiger partial charge in [0.2, 0.25) is 0 Å². The van der Waals surface area contributed by atoms with Gasteiger partial charge in [0.05, 0.1) is 17.1 Å². The molecule has 3 aromatic rings. The van der Waals surface area contributed by atoms with Crippen LogP contribution in [0.3, 0.4) is 0 Å². The van der Waals surface area contributed by atoms with E-state index >= 15 is 0 Å². The van der Waals surface area contributed by atoms with Crippen LogP contribution in [0.5, 0.6) is 0 Å². The van der Waals surface area contributed by atoms with E-state index in [-0.39, 0.29) is 5.56 Å². The molecule has 0 amide bonds. The van der Waals surface area contributed by atoms with Crippen LogP contribution in [0.25, 0.3) is 16.9 Å². The van der Waals surface area contributed by atoms with Crippen LogP contribution in [0.2, 0.25) is 0 Å². The molecule has 110 valence electrons. The van der Waals surface area contributed by atoms with E-state index in [9.17, 15) is 9.90 Å². The first-order chi connectivity index (χ1) is 10.6. The summed E-state index contributed by atoms with van der Waals surface area (Å²) in [6.07, 6.45) is 0. The lowest BCUT2D eigenvalue weighted by atomic mass is 10.1. The van der Waals surface area contributed by atoms with Crippen LogP contribution in [0, 0.1) is 13.8 Å². The number of hydrogen-bond acceptors (Lipinski definition) is 2. The number of hydrogen-bond donors (Lipinski definition) is 1. The number of aromatic nitrogens is 2. The van der Waals surface area contributed by atoms with Crippen molar-refractivity contribution in [3.63, 3.8) is 0 Å². The van der Waals surface area contributed by atoms with Gasteiger partial charge in [0.25, 0.3) is 0 Å². The van der Waals surface area contributed by atoms with Gasteiger partial charge in [-0.1, -0.05) is 48.5 Å². The minimum atomic E-state index is -0.962. The summed E-state index contributed by atoms with van der Waals surface area (Å²) in [5.41, 5.74) is 4.13. The van der Waals surface area contributed by atoms with Gasteiger partial charge in [-0.05, 0) is 25.5 Å². The first-order valence-corrected chi connectivity index (χ1v) is 7.04. The maximum Gasteiger partial charge on any atom is 0.339 e. The molecule has 0 aliphatic heterocycles. The average Bonchev–Trinajstić information content (AvgIpc) is 2.86. The SMILES string of the molecule is Cc1ccccc1-n1nc(C)c(C(=O)O)c1-c1ccccc1. The second-order valence-electron chi connectivity index (χ2n) is 5.18. The molecule has 1 N–H and O–H groups in total. The molecule has 0 radical (unpaired) electrons. The van der Waals surface area contributed by atoms with Crippen molar-refractivity contribution < 1.29 is 9.90 Å². The molecule has 0 bridgehead atoms. The smallest absolute Gasteiger partial charge is 0.339 e. The molecule has 0 saturated carbocycles. The number of benzene rings is 2. The third-order valence-electron chi connectivity index (χ3n) is 3.67. The Morgan fingerprint density at radius 2 is 1.64 bits per heavy atom. The molecule has 2 aromatic carbocycles. The van der Waals surface area contributed by atoms with Gasteiger partial charge in [0, 0.05) is 5.56 Å². The lowest BCUT2D eigenvalue weighted by Crippen LogP contribution is -2.04. The fraction of sp³-hybridized carbons (Fsp3) is 0.111. The summed E-state index contributed by atoms with van der Waals surface area (Å²) in [4.78, 5) is 11.7. The molecule has 0 spiro atoms. The Kier molecular flexibility index (Phi) is 3.51. The Morgan fingerprint density at radius 3 is 2.27 bits per heavy atom. The molecule has 4 nitrogen and oxygen atoms in total. The summed E-state index contributed by atoms with van der Waals surface area (Å²) in [6.45, 7) is 3.71. The second kappa shape index (κ2) is 5.48. The van der Waals surface area contributed by atoms with Crippen molar-refractivity contribution in [1.29, 1.82) is 0 Å². The van der Waals surface area contributed by atoms with Gasteiger partial charge in [0.15, 0.2) is 0 Å². The Morgan fingerprint density at radius 1 is 1.00 bits per heavy atom. The molecule has 22 heavy (non-hydrogen) atoms. The molecule has 4 heteroatoms. The second-order valence-corrected chi connectivity index (χ2v) is 5.18. The Hall–Kier alpha value is -2.88. The Balaban J connectivity index is 2.35. The number of carbonyl (C=O) groups is 1. The molecule has 0 saturated heterocycles. The molecule has 0 atom stereocenters.